The molecule has 4 aliphatic rings. The zero-order valence-electron chi connectivity index (χ0n) is 12.3. The molecule has 2 N–H and O–H groups in total. The van der Waals surface area contributed by atoms with E-state index in [1.807, 2.05) is 6.07 Å². The van der Waals surface area contributed by atoms with Crippen molar-refractivity contribution in [3.05, 3.63) is 34.1 Å². The molecular formula is C18H23BrFN. The van der Waals surface area contributed by atoms with Crippen molar-refractivity contribution in [3.8, 4) is 0 Å². The molecule has 21 heavy (non-hydrogen) atoms. The fourth-order valence-electron chi connectivity index (χ4n) is 5.76. The van der Waals surface area contributed by atoms with Crippen molar-refractivity contribution in [3.63, 3.8) is 0 Å². The van der Waals surface area contributed by atoms with Crippen LogP contribution in [0.1, 0.15) is 37.7 Å². The third-order valence-corrected chi connectivity index (χ3v) is 7.17. The van der Waals surface area contributed by atoms with Gasteiger partial charge in [-0.1, -0.05) is 12.1 Å². The molecule has 1 aromatic carbocycles. The molecule has 1 aromatic rings. The molecule has 5 rings (SSSR count). The second-order valence-corrected chi connectivity index (χ2v) is 8.38. The third-order valence-electron chi connectivity index (χ3n) is 6.28. The second kappa shape index (κ2) is 5.34. The van der Waals surface area contributed by atoms with E-state index in [9.17, 15) is 4.39 Å². The average Bonchev–Trinajstić information content (AvgIpc) is 2.42. The Balaban J connectivity index is 1.52. The van der Waals surface area contributed by atoms with E-state index in [4.69, 9.17) is 5.73 Å². The smallest absolute Gasteiger partial charge is 0.137 e. The van der Waals surface area contributed by atoms with Gasteiger partial charge in [-0.15, -0.1) is 0 Å². The van der Waals surface area contributed by atoms with Crippen molar-refractivity contribution in [1.82, 2.24) is 0 Å². The highest BCUT2D eigenvalue weighted by Crippen LogP contribution is 2.57. The topological polar surface area (TPSA) is 26.0 Å². The molecular weight excluding hydrogens is 329 g/mol. The van der Waals surface area contributed by atoms with E-state index in [-0.39, 0.29) is 11.9 Å². The van der Waals surface area contributed by atoms with Crippen LogP contribution in [0.15, 0.2) is 22.7 Å². The lowest BCUT2D eigenvalue weighted by atomic mass is 9.50. The number of halogens is 2. The van der Waals surface area contributed by atoms with Gasteiger partial charge in [0, 0.05) is 6.04 Å². The van der Waals surface area contributed by atoms with Crippen LogP contribution >= 0.6 is 15.9 Å². The van der Waals surface area contributed by atoms with Crippen LogP contribution in [0.4, 0.5) is 4.39 Å². The van der Waals surface area contributed by atoms with Gasteiger partial charge in [0.2, 0.25) is 0 Å². The maximum Gasteiger partial charge on any atom is 0.137 e. The maximum absolute atomic E-state index is 13.7. The average molecular weight is 352 g/mol. The number of nitrogens with two attached hydrogens (primary N) is 1. The zero-order chi connectivity index (χ0) is 14.6. The standard InChI is InChI=1S/C18H23BrFN/c19-18-12(2-1-3-15(18)20)9-16(21)17-13-5-10-4-11(7-13)8-14(17)6-10/h1-3,10-11,13-14,16-17H,4-9,21H2. The summed E-state index contributed by atoms with van der Waals surface area (Å²) in [6.45, 7) is 0. The Morgan fingerprint density at radius 2 is 1.71 bits per heavy atom. The quantitative estimate of drug-likeness (QED) is 0.850. The maximum atomic E-state index is 13.7. The molecule has 114 valence electrons. The van der Waals surface area contributed by atoms with Gasteiger partial charge in [-0.05, 0) is 95.7 Å². The lowest BCUT2D eigenvalue weighted by Crippen LogP contribution is -2.52. The molecule has 1 atom stereocenters. The summed E-state index contributed by atoms with van der Waals surface area (Å²) in [6.07, 6.45) is 7.87. The van der Waals surface area contributed by atoms with Crippen LogP contribution in [0.5, 0.6) is 0 Å². The van der Waals surface area contributed by atoms with Crippen molar-refractivity contribution in [2.45, 2.75) is 44.6 Å². The molecule has 0 aromatic heterocycles. The summed E-state index contributed by atoms with van der Waals surface area (Å²) in [5.41, 5.74) is 7.63. The monoisotopic (exact) mass is 351 g/mol. The molecule has 1 nitrogen and oxygen atoms in total. The zero-order valence-corrected chi connectivity index (χ0v) is 13.9. The lowest BCUT2D eigenvalue weighted by Gasteiger charge is -2.56. The minimum atomic E-state index is -0.176. The van der Waals surface area contributed by atoms with Crippen LogP contribution in [0.2, 0.25) is 0 Å². The van der Waals surface area contributed by atoms with E-state index in [0.717, 1.165) is 35.7 Å². The molecule has 3 heteroatoms. The van der Waals surface area contributed by atoms with Gasteiger partial charge in [0.05, 0.1) is 4.47 Å². The van der Waals surface area contributed by atoms with E-state index < -0.39 is 0 Å². The van der Waals surface area contributed by atoms with Gasteiger partial charge in [-0.25, -0.2) is 4.39 Å². The SMILES string of the molecule is NC(Cc1cccc(F)c1Br)C1C2CC3CC(C2)CC1C3. The van der Waals surface area contributed by atoms with Gasteiger partial charge in [-0.2, -0.15) is 0 Å². The van der Waals surface area contributed by atoms with E-state index in [0.29, 0.717) is 10.4 Å². The molecule has 4 saturated carbocycles. The Bertz CT molecular complexity index is 516. The first-order valence-electron chi connectivity index (χ1n) is 8.30. The van der Waals surface area contributed by atoms with Crippen molar-refractivity contribution >= 4 is 15.9 Å². The predicted molar refractivity (Wildman–Crippen MR) is 86.3 cm³/mol. The lowest BCUT2D eigenvalue weighted by molar-refractivity contribution is -0.0465. The first kappa shape index (κ1) is 14.2. The number of hydrogen-bond donors (Lipinski definition) is 1. The van der Waals surface area contributed by atoms with Gasteiger partial charge in [0.1, 0.15) is 5.82 Å². The van der Waals surface area contributed by atoms with Gasteiger partial charge in [0.25, 0.3) is 0 Å². The van der Waals surface area contributed by atoms with Crippen molar-refractivity contribution < 1.29 is 4.39 Å². The summed E-state index contributed by atoms with van der Waals surface area (Å²) < 4.78 is 14.3. The van der Waals surface area contributed by atoms with Crippen LogP contribution in [-0.4, -0.2) is 6.04 Å². The van der Waals surface area contributed by atoms with Crippen LogP contribution in [0.3, 0.4) is 0 Å². The van der Waals surface area contributed by atoms with Crippen molar-refractivity contribution in [2.24, 2.45) is 35.3 Å². The summed E-state index contributed by atoms with van der Waals surface area (Å²) >= 11 is 3.38. The van der Waals surface area contributed by atoms with Crippen molar-refractivity contribution in [1.29, 1.82) is 0 Å². The molecule has 0 heterocycles. The molecule has 0 radical (unpaired) electrons. The van der Waals surface area contributed by atoms with Crippen LogP contribution < -0.4 is 5.73 Å². The number of benzene rings is 1. The first-order chi connectivity index (χ1) is 10.1. The van der Waals surface area contributed by atoms with Gasteiger partial charge in [-0.3, -0.25) is 0 Å². The van der Waals surface area contributed by atoms with Gasteiger partial charge in [0.15, 0.2) is 0 Å². The highest BCUT2D eigenvalue weighted by atomic mass is 79.9. The van der Waals surface area contributed by atoms with Crippen molar-refractivity contribution in [2.75, 3.05) is 0 Å². The van der Waals surface area contributed by atoms with E-state index in [1.54, 1.807) is 6.07 Å². The van der Waals surface area contributed by atoms with Gasteiger partial charge < -0.3 is 5.73 Å². The molecule has 0 aliphatic heterocycles. The normalized spacial score (nSPS) is 38.7. The molecule has 0 saturated heterocycles. The first-order valence-corrected chi connectivity index (χ1v) is 9.09. The highest BCUT2D eigenvalue weighted by molar-refractivity contribution is 9.10. The van der Waals surface area contributed by atoms with Crippen LogP contribution in [-0.2, 0) is 6.42 Å². The molecule has 0 spiro atoms. The molecule has 1 unspecified atom stereocenters. The van der Waals surface area contributed by atoms with Crippen LogP contribution in [0.25, 0.3) is 0 Å². The Morgan fingerprint density at radius 3 is 2.33 bits per heavy atom. The Hall–Kier alpha value is -0.410. The summed E-state index contributed by atoms with van der Waals surface area (Å²) in [4.78, 5) is 0. The molecule has 4 bridgehead atoms. The van der Waals surface area contributed by atoms with E-state index in [2.05, 4.69) is 15.9 Å². The Kier molecular flexibility index (Phi) is 3.61. The number of hydrogen-bond acceptors (Lipinski definition) is 1. The molecule has 0 amide bonds. The summed E-state index contributed by atoms with van der Waals surface area (Å²) in [5.74, 6) is 4.12. The number of rotatable bonds is 3. The summed E-state index contributed by atoms with van der Waals surface area (Å²) in [7, 11) is 0. The fourth-order valence-corrected chi connectivity index (χ4v) is 6.19. The van der Waals surface area contributed by atoms with Gasteiger partial charge >= 0.3 is 0 Å². The molecule has 4 aliphatic carbocycles. The fraction of sp³-hybridized carbons (Fsp3) is 0.667. The van der Waals surface area contributed by atoms with E-state index in [1.165, 1.54) is 38.2 Å². The Morgan fingerprint density at radius 1 is 1.10 bits per heavy atom. The predicted octanol–water partition coefficient (Wildman–Crippen LogP) is 4.53. The second-order valence-electron chi connectivity index (χ2n) is 7.59. The third kappa shape index (κ3) is 2.46. The Labute approximate surface area is 134 Å². The minimum absolute atomic E-state index is 0.176. The molecule has 4 fully saturated rings. The van der Waals surface area contributed by atoms with E-state index >= 15 is 0 Å². The summed E-state index contributed by atoms with van der Waals surface area (Å²) in [6, 6.07) is 5.47. The largest absolute Gasteiger partial charge is 0.327 e. The summed E-state index contributed by atoms with van der Waals surface area (Å²) in [5, 5.41) is 0. The minimum Gasteiger partial charge on any atom is -0.327 e. The van der Waals surface area contributed by atoms with Crippen LogP contribution in [0, 0.1) is 35.4 Å². The highest BCUT2D eigenvalue weighted by Gasteiger charge is 2.49.